The predicted molar refractivity (Wildman–Crippen MR) is 61.7 cm³/mol. The van der Waals surface area contributed by atoms with E-state index in [9.17, 15) is 0 Å². The van der Waals surface area contributed by atoms with E-state index in [2.05, 4.69) is 42.6 Å². The third-order valence-electron chi connectivity index (χ3n) is 2.08. The van der Waals surface area contributed by atoms with Gasteiger partial charge in [-0.05, 0) is 19.9 Å². The Labute approximate surface area is 86.2 Å². The Kier molecular flexibility index (Phi) is 3.86. The summed E-state index contributed by atoms with van der Waals surface area (Å²) in [6.45, 7) is 9.35. The van der Waals surface area contributed by atoms with Gasteiger partial charge in [0.25, 0.3) is 0 Å². The molecule has 0 unspecified atom stereocenters. The van der Waals surface area contributed by atoms with E-state index >= 15 is 0 Å². The summed E-state index contributed by atoms with van der Waals surface area (Å²) >= 11 is 0. The number of hydrogen-bond donors (Lipinski definition) is 0. The van der Waals surface area contributed by atoms with Crippen molar-refractivity contribution >= 4 is 12.2 Å². The number of amidine groups is 1. The van der Waals surface area contributed by atoms with Crippen LogP contribution in [0.1, 0.15) is 27.7 Å². The van der Waals surface area contributed by atoms with Gasteiger partial charge in [-0.3, -0.25) is 4.99 Å². The maximum absolute atomic E-state index is 4.55. The molecule has 0 bridgehead atoms. The molecule has 0 saturated carbocycles. The molecule has 14 heavy (non-hydrogen) atoms. The van der Waals surface area contributed by atoms with Gasteiger partial charge in [-0.25, -0.2) is 4.99 Å². The van der Waals surface area contributed by atoms with Crippen LogP contribution in [0.15, 0.2) is 22.3 Å². The van der Waals surface area contributed by atoms with Crippen molar-refractivity contribution in [3.05, 3.63) is 12.3 Å². The lowest BCUT2D eigenvalue weighted by atomic mass is 10.1. The molecule has 0 aliphatic carbocycles. The van der Waals surface area contributed by atoms with E-state index in [0.29, 0.717) is 12.0 Å². The van der Waals surface area contributed by atoms with E-state index in [1.807, 2.05) is 12.4 Å². The standard InChI is InChI=1S/C11H19N3/c1-9(2)11-13-7-5-6-12-8-14(11)10(3)4/h5-6,8-10H,7H2,1-4H3/b6-5-,12-8?,13-11?. The summed E-state index contributed by atoms with van der Waals surface area (Å²) in [7, 11) is 0. The minimum Gasteiger partial charge on any atom is -0.318 e. The first-order valence-corrected chi connectivity index (χ1v) is 5.14. The van der Waals surface area contributed by atoms with Crippen molar-refractivity contribution in [1.29, 1.82) is 0 Å². The summed E-state index contributed by atoms with van der Waals surface area (Å²) < 4.78 is 0. The van der Waals surface area contributed by atoms with Crippen molar-refractivity contribution in [2.45, 2.75) is 33.7 Å². The van der Waals surface area contributed by atoms with E-state index in [1.165, 1.54) is 0 Å². The molecule has 0 aromatic rings. The highest BCUT2D eigenvalue weighted by atomic mass is 15.2. The molecule has 0 fully saturated rings. The molecule has 1 heterocycles. The van der Waals surface area contributed by atoms with Gasteiger partial charge in [-0.15, -0.1) is 0 Å². The van der Waals surface area contributed by atoms with Gasteiger partial charge < -0.3 is 4.90 Å². The Hall–Kier alpha value is -1.12. The van der Waals surface area contributed by atoms with Crippen LogP contribution in [0.5, 0.6) is 0 Å². The van der Waals surface area contributed by atoms with Crippen molar-refractivity contribution in [1.82, 2.24) is 4.90 Å². The van der Waals surface area contributed by atoms with Gasteiger partial charge >= 0.3 is 0 Å². The van der Waals surface area contributed by atoms with Gasteiger partial charge in [0.1, 0.15) is 5.84 Å². The fourth-order valence-corrected chi connectivity index (χ4v) is 1.38. The molecule has 0 aromatic carbocycles. The van der Waals surface area contributed by atoms with Gasteiger partial charge in [0.15, 0.2) is 0 Å². The normalized spacial score (nSPS) is 19.6. The second kappa shape index (κ2) is 4.94. The summed E-state index contributed by atoms with van der Waals surface area (Å²) in [5.41, 5.74) is 0. The minimum atomic E-state index is 0.409. The first-order chi connectivity index (χ1) is 6.63. The van der Waals surface area contributed by atoms with Crippen LogP contribution < -0.4 is 0 Å². The molecule has 0 N–H and O–H groups in total. The molecule has 0 amide bonds. The third-order valence-corrected chi connectivity index (χ3v) is 2.08. The third kappa shape index (κ3) is 2.69. The van der Waals surface area contributed by atoms with Crippen LogP contribution in [-0.4, -0.2) is 29.7 Å². The minimum absolute atomic E-state index is 0.409. The maximum Gasteiger partial charge on any atom is 0.107 e. The summed E-state index contributed by atoms with van der Waals surface area (Å²) in [4.78, 5) is 10.9. The Morgan fingerprint density at radius 2 is 2.00 bits per heavy atom. The smallest absolute Gasteiger partial charge is 0.107 e. The zero-order chi connectivity index (χ0) is 10.6. The van der Waals surface area contributed by atoms with Crippen LogP contribution in [-0.2, 0) is 0 Å². The highest BCUT2D eigenvalue weighted by Gasteiger charge is 2.16. The largest absolute Gasteiger partial charge is 0.318 e. The Morgan fingerprint density at radius 3 is 2.57 bits per heavy atom. The average molecular weight is 193 g/mol. The fourth-order valence-electron chi connectivity index (χ4n) is 1.38. The Balaban J connectivity index is 2.94. The molecule has 0 atom stereocenters. The molecular weight excluding hydrogens is 174 g/mol. The van der Waals surface area contributed by atoms with Crippen LogP contribution in [0.25, 0.3) is 0 Å². The number of rotatable bonds is 2. The van der Waals surface area contributed by atoms with Gasteiger partial charge in [0.05, 0.1) is 12.9 Å². The molecule has 3 nitrogen and oxygen atoms in total. The van der Waals surface area contributed by atoms with Gasteiger partial charge in [0.2, 0.25) is 0 Å². The Morgan fingerprint density at radius 1 is 1.29 bits per heavy atom. The lowest BCUT2D eigenvalue weighted by Crippen LogP contribution is -2.39. The summed E-state index contributed by atoms with van der Waals surface area (Å²) in [6, 6.07) is 0.409. The second-order valence-electron chi connectivity index (χ2n) is 4.00. The van der Waals surface area contributed by atoms with E-state index < -0.39 is 0 Å². The zero-order valence-electron chi connectivity index (χ0n) is 9.44. The second-order valence-corrected chi connectivity index (χ2v) is 4.00. The summed E-state index contributed by atoms with van der Waals surface area (Å²) in [6.07, 6.45) is 5.63. The maximum atomic E-state index is 4.55. The molecule has 0 saturated heterocycles. The first kappa shape index (κ1) is 11.0. The predicted octanol–water partition coefficient (Wildman–Crippen LogP) is 2.31. The topological polar surface area (TPSA) is 28.0 Å². The molecule has 1 aliphatic rings. The van der Waals surface area contributed by atoms with Gasteiger partial charge in [-0.2, -0.15) is 0 Å². The SMILES string of the molecule is CC(C)C1=NC/C=C\N=CN1C(C)C. The highest BCUT2D eigenvalue weighted by molar-refractivity contribution is 5.93. The van der Waals surface area contributed by atoms with Crippen molar-refractivity contribution in [2.24, 2.45) is 15.9 Å². The Bertz CT molecular complexity index is 262. The number of hydrogen-bond acceptors (Lipinski definition) is 3. The van der Waals surface area contributed by atoms with Crippen molar-refractivity contribution in [3.8, 4) is 0 Å². The average Bonchev–Trinajstić information content (AvgIpc) is 2.01. The van der Waals surface area contributed by atoms with E-state index in [-0.39, 0.29) is 0 Å². The molecule has 1 rings (SSSR count). The summed E-state index contributed by atoms with van der Waals surface area (Å²) in [5.74, 6) is 1.56. The highest BCUT2D eigenvalue weighted by Crippen LogP contribution is 2.08. The van der Waals surface area contributed by atoms with Crippen LogP contribution in [0.4, 0.5) is 0 Å². The molecule has 1 aliphatic heterocycles. The summed E-state index contributed by atoms with van der Waals surface area (Å²) in [5, 5.41) is 0. The van der Waals surface area contributed by atoms with E-state index in [0.717, 1.165) is 12.4 Å². The van der Waals surface area contributed by atoms with Crippen molar-refractivity contribution < 1.29 is 0 Å². The number of aliphatic imine (C=N–C) groups is 2. The van der Waals surface area contributed by atoms with E-state index in [4.69, 9.17) is 0 Å². The quantitative estimate of drug-likeness (QED) is 0.661. The van der Waals surface area contributed by atoms with Gasteiger partial charge in [0, 0.05) is 18.2 Å². The lowest BCUT2D eigenvalue weighted by molar-refractivity contribution is 0.485. The van der Waals surface area contributed by atoms with Gasteiger partial charge in [-0.1, -0.05) is 13.8 Å². The molecule has 3 heteroatoms. The monoisotopic (exact) mass is 193 g/mol. The van der Waals surface area contributed by atoms with E-state index in [1.54, 1.807) is 6.20 Å². The fraction of sp³-hybridized carbons (Fsp3) is 0.636. The number of nitrogens with zero attached hydrogens (tertiary/aromatic N) is 3. The molecule has 0 spiro atoms. The molecule has 0 aromatic heterocycles. The molecule has 0 radical (unpaired) electrons. The van der Waals surface area contributed by atoms with Crippen LogP contribution in [0.2, 0.25) is 0 Å². The van der Waals surface area contributed by atoms with Crippen LogP contribution in [0, 0.1) is 5.92 Å². The molecular formula is C11H19N3. The van der Waals surface area contributed by atoms with Crippen LogP contribution >= 0.6 is 0 Å². The van der Waals surface area contributed by atoms with Crippen molar-refractivity contribution in [3.63, 3.8) is 0 Å². The molecule has 78 valence electrons. The zero-order valence-corrected chi connectivity index (χ0v) is 9.44. The van der Waals surface area contributed by atoms with Crippen molar-refractivity contribution in [2.75, 3.05) is 6.54 Å². The van der Waals surface area contributed by atoms with Crippen LogP contribution in [0.3, 0.4) is 0 Å². The lowest BCUT2D eigenvalue weighted by Gasteiger charge is -2.28. The first-order valence-electron chi connectivity index (χ1n) is 5.14.